The summed E-state index contributed by atoms with van der Waals surface area (Å²) in [6.07, 6.45) is 3.69. The van der Waals surface area contributed by atoms with Gasteiger partial charge in [0.1, 0.15) is 0 Å². The molecule has 2 aromatic heterocycles. The van der Waals surface area contributed by atoms with Gasteiger partial charge in [0.2, 0.25) is 0 Å². The van der Waals surface area contributed by atoms with E-state index in [0.717, 1.165) is 0 Å². The van der Waals surface area contributed by atoms with Crippen LogP contribution in [0.5, 0.6) is 0 Å². The van der Waals surface area contributed by atoms with Gasteiger partial charge in [0.05, 0.1) is 11.0 Å². The molecule has 0 aliphatic heterocycles. The van der Waals surface area contributed by atoms with Gasteiger partial charge in [0.25, 0.3) is 0 Å². The molecule has 8 aromatic carbocycles. The molecule has 2 nitrogen and oxygen atoms in total. The number of hydrogen-bond donors (Lipinski definition) is 0. The number of benzene rings is 8. The summed E-state index contributed by atoms with van der Waals surface area (Å²) in [6, 6.07) is 57.8. The lowest BCUT2D eigenvalue weighted by atomic mass is 9.87. The van der Waals surface area contributed by atoms with E-state index in [9.17, 15) is 0 Å². The highest BCUT2D eigenvalue weighted by Gasteiger charge is 2.16. The molecule has 0 spiro atoms. The van der Waals surface area contributed by atoms with Gasteiger partial charge in [-0.2, -0.15) is 0 Å². The third-order valence-corrected chi connectivity index (χ3v) is 9.89. The lowest BCUT2D eigenvalue weighted by Gasteiger charge is -2.17. The maximum absolute atomic E-state index is 4.17. The van der Waals surface area contributed by atoms with E-state index in [1.165, 1.54) is 93.2 Å². The van der Waals surface area contributed by atoms with Crippen LogP contribution in [0, 0.1) is 0 Å². The van der Waals surface area contributed by atoms with Crippen molar-refractivity contribution in [3.63, 3.8) is 0 Å². The summed E-state index contributed by atoms with van der Waals surface area (Å²) in [7, 11) is 0. The Bertz CT molecular complexity index is 2700. The Morgan fingerprint density at radius 2 is 0.787 bits per heavy atom. The Hall–Kier alpha value is -6.25. The SMILES string of the molecule is c1ccc2c(c1)c1ccccc1n2-c1ccc(-c2ccc3ccc4c(-c5ccc(-c6ccncc6)cc5)ccc5ccc2c3c54)cc1. The average Bonchev–Trinajstić information content (AvgIpc) is 3.49. The summed E-state index contributed by atoms with van der Waals surface area (Å²) in [5, 5.41) is 10.3. The highest BCUT2D eigenvalue weighted by atomic mass is 15.0. The van der Waals surface area contributed by atoms with Crippen LogP contribution >= 0.6 is 0 Å². The number of pyridine rings is 1. The first-order valence-electron chi connectivity index (χ1n) is 16.1. The standard InChI is InChI=1S/C45H28N2/c1-3-7-42-38(5-1)39-6-2-4-8-43(39)47(42)35-19-13-32(14-20-35)37-22-16-34-17-23-40-36(21-15-33-18-24-41(37)45(34)44(33)40)31-11-9-29(10-12-31)30-25-27-46-28-26-30/h1-28H. The summed E-state index contributed by atoms with van der Waals surface area (Å²) in [5.41, 5.74) is 11.0. The van der Waals surface area contributed by atoms with Gasteiger partial charge in [-0.05, 0) is 102 Å². The monoisotopic (exact) mass is 596 g/mol. The molecule has 0 atom stereocenters. The van der Waals surface area contributed by atoms with Crippen LogP contribution in [0.4, 0.5) is 0 Å². The lowest BCUT2D eigenvalue weighted by molar-refractivity contribution is 1.18. The zero-order valence-electron chi connectivity index (χ0n) is 25.6. The molecule has 0 aliphatic carbocycles. The third-order valence-electron chi connectivity index (χ3n) is 9.89. The summed E-state index contributed by atoms with van der Waals surface area (Å²) in [6.45, 7) is 0. The molecule has 0 unspecified atom stereocenters. The predicted molar refractivity (Wildman–Crippen MR) is 199 cm³/mol. The third kappa shape index (κ3) is 3.95. The number of para-hydroxylation sites is 2. The molecule has 218 valence electrons. The number of hydrogen-bond acceptors (Lipinski definition) is 1. The molecule has 10 aromatic rings. The van der Waals surface area contributed by atoms with Gasteiger partial charge < -0.3 is 4.57 Å². The molecule has 2 heteroatoms. The first-order valence-corrected chi connectivity index (χ1v) is 16.1. The van der Waals surface area contributed by atoms with Gasteiger partial charge in [0.15, 0.2) is 0 Å². The Morgan fingerprint density at radius 3 is 1.34 bits per heavy atom. The average molecular weight is 597 g/mol. The fourth-order valence-electron chi connectivity index (χ4n) is 7.68. The molecule has 47 heavy (non-hydrogen) atoms. The van der Waals surface area contributed by atoms with E-state index in [-0.39, 0.29) is 0 Å². The molecule has 0 bridgehead atoms. The second-order valence-electron chi connectivity index (χ2n) is 12.4. The van der Waals surface area contributed by atoms with Crippen LogP contribution in [0.15, 0.2) is 170 Å². The Labute approximate surface area is 272 Å². The van der Waals surface area contributed by atoms with Gasteiger partial charge >= 0.3 is 0 Å². The smallest absolute Gasteiger partial charge is 0.0541 e. The number of nitrogens with zero attached hydrogens (tertiary/aromatic N) is 2. The molecule has 0 saturated heterocycles. The van der Waals surface area contributed by atoms with Crippen molar-refractivity contribution in [3.05, 3.63) is 170 Å². The van der Waals surface area contributed by atoms with E-state index in [4.69, 9.17) is 0 Å². The maximum atomic E-state index is 4.17. The number of rotatable bonds is 4. The highest BCUT2D eigenvalue weighted by Crippen LogP contribution is 2.43. The van der Waals surface area contributed by atoms with Crippen LogP contribution in [-0.4, -0.2) is 9.55 Å². The van der Waals surface area contributed by atoms with Crippen LogP contribution in [0.25, 0.3) is 93.2 Å². The minimum Gasteiger partial charge on any atom is -0.309 e. The highest BCUT2D eigenvalue weighted by molar-refractivity contribution is 6.27. The molecule has 2 heterocycles. The van der Waals surface area contributed by atoms with Crippen molar-refractivity contribution in [2.75, 3.05) is 0 Å². The van der Waals surface area contributed by atoms with Crippen LogP contribution in [0.1, 0.15) is 0 Å². The van der Waals surface area contributed by atoms with Crippen molar-refractivity contribution >= 4 is 54.1 Å². The number of aromatic nitrogens is 2. The normalized spacial score (nSPS) is 11.8. The van der Waals surface area contributed by atoms with E-state index in [1.807, 2.05) is 12.4 Å². The van der Waals surface area contributed by atoms with Gasteiger partial charge in [-0.1, -0.05) is 121 Å². The van der Waals surface area contributed by atoms with E-state index >= 15 is 0 Å². The zero-order valence-corrected chi connectivity index (χ0v) is 25.6. The second-order valence-corrected chi connectivity index (χ2v) is 12.4. The second kappa shape index (κ2) is 10.1. The van der Waals surface area contributed by atoms with Crippen molar-refractivity contribution in [1.29, 1.82) is 0 Å². The van der Waals surface area contributed by atoms with Crippen molar-refractivity contribution in [2.24, 2.45) is 0 Å². The summed E-state index contributed by atoms with van der Waals surface area (Å²) >= 11 is 0. The topological polar surface area (TPSA) is 17.8 Å². The van der Waals surface area contributed by atoms with Crippen LogP contribution in [0.3, 0.4) is 0 Å². The van der Waals surface area contributed by atoms with Gasteiger partial charge in [-0.25, -0.2) is 0 Å². The van der Waals surface area contributed by atoms with E-state index in [2.05, 4.69) is 167 Å². The predicted octanol–water partition coefficient (Wildman–Crippen LogP) is 12.1. The zero-order chi connectivity index (χ0) is 30.9. The van der Waals surface area contributed by atoms with E-state index < -0.39 is 0 Å². The molecule has 0 fully saturated rings. The lowest BCUT2D eigenvalue weighted by Crippen LogP contribution is -1.94. The molecule has 0 saturated carbocycles. The Balaban J connectivity index is 1.10. The van der Waals surface area contributed by atoms with Crippen LogP contribution in [0.2, 0.25) is 0 Å². The molecular formula is C45H28N2. The van der Waals surface area contributed by atoms with Crippen LogP contribution < -0.4 is 0 Å². The fraction of sp³-hybridized carbons (Fsp3) is 0. The molecule has 0 N–H and O–H groups in total. The summed E-state index contributed by atoms with van der Waals surface area (Å²) in [5.74, 6) is 0. The maximum Gasteiger partial charge on any atom is 0.0541 e. The van der Waals surface area contributed by atoms with Gasteiger partial charge in [0, 0.05) is 28.9 Å². The molecule has 0 radical (unpaired) electrons. The minimum absolute atomic E-state index is 1.17. The number of fused-ring (bicyclic) bond motifs is 3. The van der Waals surface area contributed by atoms with Crippen molar-refractivity contribution < 1.29 is 0 Å². The van der Waals surface area contributed by atoms with Crippen molar-refractivity contribution in [1.82, 2.24) is 9.55 Å². The molecule has 0 aliphatic rings. The summed E-state index contributed by atoms with van der Waals surface area (Å²) in [4.78, 5) is 4.17. The van der Waals surface area contributed by atoms with E-state index in [0.29, 0.717) is 0 Å². The van der Waals surface area contributed by atoms with Crippen molar-refractivity contribution in [3.8, 4) is 39.1 Å². The Morgan fingerprint density at radius 1 is 0.340 bits per heavy atom. The first-order chi connectivity index (χ1) is 23.3. The van der Waals surface area contributed by atoms with Gasteiger partial charge in [-0.3, -0.25) is 4.98 Å². The van der Waals surface area contributed by atoms with Crippen LogP contribution in [-0.2, 0) is 0 Å². The molecule has 0 amide bonds. The fourth-order valence-corrected chi connectivity index (χ4v) is 7.68. The van der Waals surface area contributed by atoms with E-state index in [1.54, 1.807) is 0 Å². The quantitative estimate of drug-likeness (QED) is 0.185. The molecular weight excluding hydrogens is 569 g/mol. The Kier molecular flexibility index (Phi) is 5.61. The summed E-state index contributed by atoms with van der Waals surface area (Å²) < 4.78 is 2.38. The minimum atomic E-state index is 1.17. The first kappa shape index (κ1) is 26.0. The molecule has 10 rings (SSSR count). The van der Waals surface area contributed by atoms with Gasteiger partial charge in [-0.15, -0.1) is 0 Å². The van der Waals surface area contributed by atoms with Crippen molar-refractivity contribution in [2.45, 2.75) is 0 Å². The largest absolute Gasteiger partial charge is 0.309 e.